The minimum atomic E-state index is 0.479. The Labute approximate surface area is 175 Å². The number of hydrogen-bond acceptors (Lipinski definition) is 3. The number of nitrogens with zero attached hydrogens (tertiary/aromatic N) is 1. The van der Waals surface area contributed by atoms with Gasteiger partial charge in [0, 0.05) is 26.3 Å². The lowest BCUT2D eigenvalue weighted by atomic mass is 9.89. The van der Waals surface area contributed by atoms with Crippen LogP contribution in [0.3, 0.4) is 0 Å². The first-order valence-electron chi connectivity index (χ1n) is 10.3. The summed E-state index contributed by atoms with van der Waals surface area (Å²) in [6.07, 6.45) is 2.14. The van der Waals surface area contributed by atoms with Crippen LogP contribution in [0.1, 0.15) is 29.0 Å². The maximum absolute atomic E-state index is 5.32. The second kappa shape index (κ2) is 10.7. The Hall–Kier alpha value is -2.78. The van der Waals surface area contributed by atoms with E-state index in [2.05, 4.69) is 103 Å². The summed E-state index contributed by atoms with van der Waals surface area (Å²) in [5.74, 6) is 1.39. The highest BCUT2D eigenvalue weighted by atomic mass is 16.5. The molecule has 152 valence electrons. The van der Waals surface area contributed by atoms with E-state index < -0.39 is 0 Å². The summed E-state index contributed by atoms with van der Waals surface area (Å²) in [5.41, 5.74) is 5.30. The van der Waals surface area contributed by atoms with Crippen LogP contribution in [-0.4, -0.2) is 27.7 Å². The molecule has 0 heterocycles. The van der Waals surface area contributed by atoms with Crippen molar-refractivity contribution < 1.29 is 4.74 Å². The second-order valence-electron chi connectivity index (χ2n) is 7.69. The number of hydrogen-bond donors (Lipinski definition) is 1. The van der Waals surface area contributed by atoms with E-state index in [0.29, 0.717) is 5.92 Å². The van der Waals surface area contributed by atoms with Crippen molar-refractivity contribution in [2.75, 3.05) is 32.6 Å². The van der Waals surface area contributed by atoms with Crippen molar-refractivity contribution in [2.24, 2.45) is 0 Å². The van der Waals surface area contributed by atoms with Crippen LogP contribution in [-0.2, 0) is 13.0 Å². The molecule has 3 aromatic carbocycles. The van der Waals surface area contributed by atoms with Crippen molar-refractivity contribution in [3.63, 3.8) is 0 Å². The number of methoxy groups -OCH3 is 1. The van der Waals surface area contributed by atoms with E-state index in [4.69, 9.17) is 4.74 Å². The highest BCUT2D eigenvalue weighted by Gasteiger charge is 2.12. The summed E-state index contributed by atoms with van der Waals surface area (Å²) >= 11 is 0. The summed E-state index contributed by atoms with van der Waals surface area (Å²) in [6, 6.07) is 28.0. The van der Waals surface area contributed by atoms with E-state index >= 15 is 0 Å². The molecule has 3 nitrogen and oxygen atoms in total. The molecule has 3 rings (SSSR count). The zero-order valence-corrected chi connectivity index (χ0v) is 17.8. The Bertz CT molecular complexity index is 842. The largest absolute Gasteiger partial charge is 0.497 e. The zero-order valence-electron chi connectivity index (χ0n) is 17.8. The van der Waals surface area contributed by atoms with Crippen molar-refractivity contribution in [2.45, 2.75) is 25.3 Å². The molecular formula is C26H32N2O. The van der Waals surface area contributed by atoms with Gasteiger partial charge >= 0.3 is 0 Å². The monoisotopic (exact) mass is 388 g/mol. The van der Waals surface area contributed by atoms with E-state index in [1.807, 2.05) is 0 Å². The molecule has 0 amide bonds. The molecular weight excluding hydrogens is 356 g/mol. The molecule has 0 spiro atoms. The van der Waals surface area contributed by atoms with Crippen LogP contribution in [0.25, 0.3) is 0 Å². The maximum atomic E-state index is 5.32. The van der Waals surface area contributed by atoms with Gasteiger partial charge in [0.25, 0.3) is 0 Å². The predicted octanol–water partition coefficient (Wildman–Crippen LogP) is 5.27. The number of anilines is 1. The molecule has 1 atom stereocenters. The Kier molecular flexibility index (Phi) is 7.71. The van der Waals surface area contributed by atoms with E-state index in [-0.39, 0.29) is 0 Å². The number of nitrogens with one attached hydrogen (secondary N) is 1. The topological polar surface area (TPSA) is 24.5 Å². The van der Waals surface area contributed by atoms with Gasteiger partial charge in [-0.25, -0.2) is 0 Å². The fourth-order valence-corrected chi connectivity index (χ4v) is 3.58. The fraction of sp³-hybridized carbons (Fsp3) is 0.308. The molecule has 1 N–H and O–H groups in total. The molecule has 0 bridgehead atoms. The Morgan fingerprint density at radius 1 is 0.828 bits per heavy atom. The minimum absolute atomic E-state index is 0.479. The van der Waals surface area contributed by atoms with E-state index in [1.165, 1.54) is 22.4 Å². The normalized spacial score (nSPS) is 11.8. The smallest absolute Gasteiger partial charge is 0.118 e. The van der Waals surface area contributed by atoms with Crippen LogP contribution >= 0.6 is 0 Å². The molecule has 0 saturated heterocycles. The molecule has 0 fully saturated rings. The SMILES string of the molecule is COc1ccc(C(CCNCc2ccc(N(C)C)cc2)Cc2ccccc2)cc1. The Morgan fingerprint density at radius 3 is 2.14 bits per heavy atom. The molecule has 3 aromatic rings. The third-order valence-electron chi connectivity index (χ3n) is 5.36. The lowest BCUT2D eigenvalue weighted by Gasteiger charge is -2.19. The molecule has 1 unspecified atom stereocenters. The van der Waals surface area contributed by atoms with Crippen LogP contribution in [0.2, 0.25) is 0 Å². The van der Waals surface area contributed by atoms with Crippen LogP contribution < -0.4 is 15.0 Å². The summed E-state index contributed by atoms with van der Waals surface area (Å²) in [5, 5.41) is 3.62. The van der Waals surface area contributed by atoms with Gasteiger partial charge in [-0.05, 0) is 66.3 Å². The minimum Gasteiger partial charge on any atom is -0.497 e. The van der Waals surface area contributed by atoms with Crippen molar-refractivity contribution in [1.82, 2.24) is 5.32 Å². The summed E-state index contributed by atoms with van der Waals surface area (Å²) in [6.45, 7) is 1.88. The van der Waals surface area contributed by atoms with Gasteiger partial charge in [0.1, 0.15) is 5.75 Å². The second-order valence-corrected chi connectivity index (χ2v) is 7.69. The van der Waals surface area contributed by atoms with Gasteiger partial charge in [-0.15, -0.1) is 0 Å². The molecule has 0 saturated carbocycles. The highest BCUT2D eigenvalue weighted by molar-refractivity contribution is 5.46. The fourth-order valence-electron chi connectivity index (χ4n) is 3.58. The molecule has 0 aliphatic rings. The van der Waals surface area contributed by atoms with Gasteiger partial charge in [0.2, 0.25) is 0 Å². The molecule has 29 heavy (non-hydrogen) atoms. The first-order valence-corrected chi connectivity index (χ1v) is 10.3. The molecule has 0 aliphatic carbocycles. The number of benzene rings is 3. The van der Waals surface area contributed by atoms with Gasteiger partial charge in [0.15, 0.2) is 0 Å². The van der Waals surface area contributed by atoms with E-state index in [9.17, 15) is 0 Å². The van der Waals surface area contributed by atoms with Gasteiger partial charge in [-0.1, -0.05) is 54.6 Å². The standard InChI is InChI=1S/C26H32N2O/c1-28(2)25-13-9-22(10-14-25)20-27-18-17-24(19-21-7-5-4-6-8-21)23-11-15-26(29-3)16-12-23/h4-16,24,27H,17-20H2,1-3H3. The van der Waals surface area contributed by atoms with Crippen LogP contribution in [0.4, 0.5) is 5.69 Å². The van der Waals surface area contributed by atoms with E-state index in [0.717, 1.165) is 31.7 Å². The van der Waals surface area contributed by atoms with Gasteiger partial charge < -0.3 is 15.0 Å². The Balaban J connectivity index is 1.58. The van der Waals surface area contributed by atoms with E-state index in [1.54, 1.807) is 7.11 Å². The quantitative estimate of drug-likeness (QED) is 0.479. The van der Waals surface area contributed by atoms with Crippen molar-refractivity contribution >= 4 is 5.69 Å². The summed E-state index contributed by atoms with van der Waals surface area (Å²) in [4.78, 5) is 2.13. The first kappa shape index (κ1) is 20.9. The van der Waals surface area contributed by atoms with Crippen LogP contribution in [0.15, 0.2) is 78.9 Å². The van der Waals surface area contributed by atoms with Gasteiger partial charge in [0.05, 0.1) is 7.11 Å². The lowest BCUT2D eigenvalue weighted by Crippen LogP contribution is -2.18. The average molecular weight is 389 g/mol. The molecule has 0 aliphatic heterocycles. The predicted molar refractivity (Wildman–Crippen MR) is 123 cm³/mol. The average Bonchev–Trinajstić information content (AvgIpc) is 2.77. The zero-order chi connectivity index (χ0) is 20.5. The lowest BCUT2D eigenvalue weighted by molar-refractivity contribution is 0.414. The van der Waals surface area contributed by atoms with Crippen molar-refractivity contribution in [1.29, 1.82) is 0 Å². The summed E-state index contributed by atoms with van der Waals surface area (Å²) < 4.78 is 5.32. The highest BCUT2D eigenvalue weighted by Crippen LogP contribution is 2.26. The third-order valence-corrected chi connectivity index (χ3v) is 5.36. The van der Waals surface area contributed by atoms with Crippen molar-refractivity contribution in [3.8, 4) is 5.75 Å². The molecule has 0 aromatic heterocycles. The van der Waals surface area contributed by atoms with Gasteiger partial charge in [-0.3, -0.25) is 0 Å². The third kappa shape index (κ3) is 6.37. The summed E-state index contributed by atoms with van der Waals surface area (Å²) in [7, 11) is 5.85. The van der Waals surface area contributed by atoms with Crippen LogP contribution in [0.5, 0.6) is 5.75 Å². The van der Waals surface area contributed by atoms with Crippen LogP contribution in [0, 0.1) is 0 Å². The Morgan fingerprint density at radius 2 is 1.52 bits per heavy atom. The number of rotatable bonds is 10. The number of ether oxygens (including phenoxy) is 1. The molecule has 3 heteroatoms. The first-order chi connectivity index (χ1) is 14.2. The van der Waals surface area contributed by atoms with Gasteiger partial charge in [-0.2, -0.15) is 0 Å². The van der Waals surface area contributed by atoms with Crippen molar-refractivity contribution in [3.05, 3.63) is 95.6 Å². The maximum Gasteiger partial charge on any atom is 0.118 e. The molecule has 0 radical (unpaired) electrons.